The summed E-state index contributed by atoms with van der Waals surface area (Å²) >= 11 is 0. The number of hydrogen-bond acceptors (Lipinski definition) is 3. The number of hydrogen-bond donors (Lipinski definition) is 1. The van der Waals surface area contributed by atoms with E-state index in [0.717, 1.165) is 5.69 Å². The number of amides is 2. The van der Waals surface area contributed by atoms with Crippen LogP contribution in [0.2, 0.25) is 0 Å². The van der Waals surface area contributed by atoms with Crippen molar-refractivity contribution in [3.63, 3.8) is 0 Å². The summed E-state index contributed by atoms with van der Waals surface area (Å²) < 4.78 is 1.74. The van der Waals surface area contributed by atoms with Gasteiger partial charge in [0, 0.05) is 25.8 Å². The molecule has 0 bridgehead atoms. The lowest BCUT2D eigenvalue weighted by atomic mass is 10.1. The number of nitrogens with one attached hydrogen (secondary N) is 1. The molecule has 1 fully saturated rings. The molecule has 1 aliphatic heterocycles. The minimum atomic E-state index is -0.388. The molecule has 0 radical (unpaired) electrons. The highest BCUT2D eigenvalue weighted by Crippen LogP contribution is 2.18. The highest BCUT2D eigenvalue weighted by molar-refractivity contribution is 5.96. The molecule has 110 valence electrons. The number of carbonyl (C=O) groups is 2. The molecule has 0 aromatic carbocycles. The van der Waals surface area contributed by atoms with E-state index in [4.69, 9.17) is 0 Å². The lowest BCUT2D eigenvalue weighted by molar-refractivity contribution is -0.127. The molecule has 20 heavy (non-hydrogen) atoms. The van der Waals surface area contributed by atoms with Crippen LogP contribution in [0.3, 0.4) is 0 Å². The molecule has 0 spiro atoms. The Labute approximate surface area is 119 Å². The third kappa shape index (κ3) is 2.55. The number of aryl methyl sites for hydroxylation is 1. The van der Waals surface area contributed by atoms with Gasteiger partial charge in [0.05, 0.1) is 0 Å². The molecule has 6 nitrogen and oxygen atoms in total. The highest BCUT2D eigenvalue weighted by atomic mass is 16.2. The number of aromatic nitrogens is 2. The minimum Gasteiger partial charge on any atom is -0.353 e. The molecule has 6 heteroatoms. The Hall–Kier alpha value is -1.85. The first kappa shape index (κ1) is 14.6. The summed E-state index contributed by atoms with van der Waals surface area (Å²) in [6.07, 6.45) is 0.613. The molecule has 2 rings (SSSR count). The van der Waals surface area contributed by atoms with Crippen LogP contribution in [-0.4, -0.2) is 45.6 Å². The quantitative estimate of drug-likeness (QED) is 0.893. The Morgan fingerprint density at radius 1 is 1.55 bits per heavy atom. The van der Waals surface area contributed by atoms with Crippen LogP contribution in [0.5, 0.6) is 0 Å². The highest BCUT2D eigenvalue weighted by Gasteiger charge is 2.33. The van der Waals surface area contributed by atoms with Gasteiger partial charge in [-0.05, 0) is 18.4 Å². The van der Waals surface area contributed by atoms with Crippen molar-refractivity contribution in [1.82, 2.24) is 20.0 Å². The first-order chi connectivity index (χ1) is 9.45. The number of piperazine rings is 1. The van der Waals surface area contributed by atoms with Gasteiger partial charge in [0.25, 0.3) is 5.91 Å². The largest absolute Gasteiger partial charge is 0.353 e. The van der Waals surface area contributed by atoms with Crippen LogP contribution in [0.1, 0.15) is 49.3 Å². The Balaban J connectivity index is 2.26. The van der Waals surface area contributed by atoms with E-state index in [1.165, 1.54) is 0 Å². The van der Waals surface area contributed by atoms with Gasteiger partial charge in [0.2, 0.25) is 5.91 Å². The molecular weight excluding hydrogens is 256 g/mol. The van der Waals surface area contributed by atoms with E-state index in [0.29, 0.717) is 31.1 Å². The monoisotopic (exact) mass is 278 g/mol. The molecule has 1 N–H and O–H groups in total. The summed E-state index contributed by atoms with van der Waals surface area (Å²) in [6, 6.07) is 1.44. The van der Waals surface area contributed by atoms with Gasteiger partial charge in [-0.2, -0.15) is 5.10 Å². The molecule has 2 amide bonds. The maximum absolute atomic E-state index is 12.6. The second-order valence-electron chi connectivity index (χ2n) is 5.45. The van der Waals surface area contributed by atoms with Crippen LogP contribution in [0.15, 0.2) is 6.07 Å². The Kier molecular flexibility index (Phi) is 4.11. The normalized spacial score (nSPS) is 19.4. The topological polar surface area (TPSA) is 67.2 Å². The molecule has 1 saturated heterocycles. The Morgan fingerprint density at radius 3 is 2.80 bits per heavy atom. The van der Waals surface area contributed by atoms with Crippen molar-refractivity contribution in [3.8, 4) is 0 Å². The molecular formula is C14H22N4O2. The van der Waals surface area contributed by atoms with Gasteiger partial charge in [-0.1, -0.05) is 20.8 Å². The van der Waals surface area contributed by atoms with Gasteiger partial charge < -0.3 is 10.2 Å². The smallest absolute Gasteiger partial charge is 0.275 e. The van der Waals surface area contributed by atoms with Crippen LogP contribution in [0.25, 0.3) is 0 Å². The number of carbonyl (C=O) groups excluding carboxylic acids is 2. The summed E-state index contributed by atoms with van der Waals surface area (Å²) in [5, 5.41) is 7.09. The van der Waals surface area contributed by atoms with Crippen LogP contribution < -0.4 is 5.32 Å². The van der Waals surface area contributed by atoms with E-state index < -0.39 is 0 Å². The lowest BCUT2D eigenvalue weighted by Gasteiger charge is -2.33. The van der Waals surface area contributed by atoms with Crippen molar-refractivity contribution < 1.29 is 9.59 Å². The lowest BCUT2D eigenvalue weighted by Crippen LogP contribution is -2.57. The maximum atomic E-state index is 12.6. The van der Waals surface area contributed by atoms with Crippen LogP contribution in [0, 0.1) is 0 Å². The number of nitrogens with zero attached hydrogens (tertiary/aromatic N) is 3. The molecule has 1 aliphatic rings. The predicted molar refractivity (Wildman–Crippen MR) is 75.4 cm³/mol. The fourth-order valence-electron chi connectivity index (χ4n) is 2.64. The second kappa shape index (κ2) is 5.64. The van der Waals surface area contributed by atoms with Gasteiger partial charge in [-0.3, -0.25) is 14.3 Å². The zero-order valence-electron chi connectivity index (χ0n) is 12.5. The van der Waals surface area contributed by atoms with E-state index in [1.54, 1.807) is 9.58 Å². The van der Waals surface area contributed by atoms with E-state index >= 15 is 0 Å². The van der Waals surface area contributed by atoms with Crippen LogP contribution in [-0.2, 0) is 11.8 Å². The summed E-state index contributed by atoms with van der Waals surface area (Å²) in [5.74, 6) is 0.0713. The summed E-state index contributed by atoms with van der Waals surface area (Å²) in [4.78, 5) is 26.0. The van der Waals surface area contributed by atoms with E-state index in [-0.39, 0.29) is 17.9 Å². The van der Waals surface area contributed by atoms with Crippen molar-refractivity contribution >= 4 is 11.8 Å². The summed E-state index contributed by atoms with van der Waals surface area (Å²) in [5.41, 5.74) is 1.44. The first-order valence-electron chi connectivity index (χ1n) is 7.08. The minimum absolute atomic E-state index is 0.0767. The Bertz CT molecular complexity index is 521. The van der Waals surface area contributed by atoms with E-state index in [9.17, 15) is 9.59 Å². The summed E-state index contributed by atoms with van der Waals surface area (Å²) in [6.45, 7) is 7.08. The van der Waals surface area contributed by atoms with E-state index in [2.05, 4.69) is 24.3 Å². The maximum Gasteiger partial charge on any atom is 0.275 e. The molecule has 0 aliphatic carbocycles. The van der Waals surface area contributed by atoms with Crippen molar-refractivity contribution in [1.29, 1.82) is 0 Å². The SMILES string of the molecule is CCC1C(=O)NCCN1C(=O)c1cc(C(C)C)n(C)n1. The molecule has 2 heterocycles. The summed E-state index contributed by atoms with van der Waals surface area (Å²) in [7, 11) is 1.84. The zero-order chi connectivity index (χ0) is 14.9. The fourth-order valence-corrected chi connectivity index (χ4v) is 2.64. The van der Waals surface area contributed by atoms with Crippen LogP contribution in [0.4, 0.5) is 0 Å². The van der Waals surface area contributed by atoms with Crippen molar-refractivity contribution in [3.05, 3.63) is 17.5 Å². The van der Waals surface area contributed by atoms with Gasteiger partial charge in [0.15, 0.2) is 5.69 Å². The van der Waals surface area contributed by atoms with Crippen LogP contribution >= 0.6 is 0 Å². The third-order valence-electron chi connectivity index (χ3n) is 3.71. The molecule has 0 saturated carbocycles. The van der Waals surface area contributed by atoms with Crippen molar-refractivity contribution in [2.75, 3.05) is 13.1 Å². The van der Waals surface area contributed by atoms with Crippen molar-refractivity contribution in [2.24, 2.45) is 7.05 Å². The standard InChI is InChI=1S/C14H22N4O2/c1-5-11-13(19)15-6-7-18(11)14(20)10-8-12(9(2)3)17(4)16-10/h8-9,11H,5-7H2,1-4H3,(H,15,19). The van der Waals surface area contributed by atoms with E-state index in [1.807, 2.05) is 20.0 Å². The molecule has 1 aromatic heterocycles. The zero-order valence-corrected chi connectivity index (χ0v) is 12.5. The number of rotatable bonds is 3. The van der Waals surface area contributed by atoms with Gasteiger partial charge in [0.1, 0.15) is 6.04 Å². The van der Waals surface area contributed by atoms with Gasteiger partial charge in [-0.15, -0.1) is 0 Å². The first-order valence-corrected chi connectivity index (χ1v) is 7.08. The predicted octanol–water partition coefficient (Wildman–Crippen LogP) is 0.894. The van der Waals surface area contributed by atoms with Gasteiger partial charge >= 0.3 is 0 Å². The molecule has 1 unspecified atom stereocenters. The Morgan fingerprint density at radius 2 is 2.25 bits per heavy atom. The van der Waals surface area contributed by atoms with Gasteiger partial charge in [-0.25, -0.2) is 0 Å². The average Bonchev–Trinajstić information content (AvgIpc) is 2.80. The van der Waals surface area contributed by atoms with Crippen molar-refractivity contribution in [2.45, 2.75) is 39.2 Å². The average molecular weight is 278 g/mol. The molecule has 1 aromatic rings. The second-order valence-corrected chi connectivity index (χ2v) is 5.45. The molecule has 1 atom stereocenters. The fraction of sp³-hybridized carbons (Fsp3) is 0.643. The third-order valence-corrected chi connectivity index (χ3v) is 3.71.